The van der Waals surface area contributed by atoms with Crippen molar-refractivity contribution in [2.75, 3.05) is 18.5 Å². The summed E-state index contributed by atoms with van der Waals surface area (Å²) in [6.45, 7) is 3.07. The molecule has 0 saturated carbocycles. The molecule has 1 aliphatic rings. The molecule has 0 atom stereocenters. The third-order valence-electron chi connectivity index (χ3n) is 3.32. The highest BCUT2D eigenvalue weighted by atomic mass is 16.6. The van der Waals surface area contributed by atoms with E-state index in [4.69, 9.17) is 9.47 Å². The third-order valence-corrected chi connectivity index (χ3v) is 3.32. The first-order chi connectivity index (χ1) is 10.3. The molecule has 3 aromatic rings. The van der Waals surface area contributed by atoms with Gasteiger partial charge in [-0.15, -0.1) is 0 Å². The first-order valence-corrected chi connectivity index (χ1v) is 6.63. The van der Waals surface area contributed by atoms with Crippen LogP contribution in [0, 0.1) is 6.92 Å². The van der Waals surface area contributed by atoms with Gasteiger partial charge in [-0.3, -0.25) is 5.10 Å². The van der Waals surface area contributed by atoms with E-state index in [-0.39, 0.29) is 0 Å². The number of ether oxygens (including phenoxy) is 2. The average molecular weight is 283 g/mol. The lowest BCUT2D eigenvalue weighted by Crippen LogP contribution is -2.15. The second-order valence-corrected chi connectivity index (χ2v) is 4.75. The van der Waals surface area contributed by atoms with E-state index >= 15 is 0 Å². The van der Waals surface area contributed by atoms with Crippen LogP contribution in [0.2, 0.25) is 0 Å². The molecule has 4 rings (SSSR count). The number of aromatic nitrogens is 4. The van der Waals surface area contributed by atoms with Crippen molar-refractivity contribution in [2.24, 2.45) is 0 Å². The molecule has 0 radical (unpaired) electrons. The van der Waals surface area contributed by atoms with Crippen molar-refractivity contribution in [2.45, 2.75) is 6.92 Å². The number of fused-ring (bicyclic) bond motifs is 2. The van der Waals surface area contributed by atoms with Gasteiger partial charge in [-0.1, -0.05) is 0 Å². The van der Waals surface area contributed by atoms with Crippen LogP contribution < -0.4 is 14.8 Å². The Hall–Kier alpha value is -2.83. The van der Waals surface area contributed by atoms with Crippen LogP contribution in [-0.2, 0) is 0 Å². The lowest BCUT2D eigenvalue weighted by molar-refractivity contribution is 0.171. The highest BCUT2D eigenvalue weighted by Gasteiger charge is 2.13. The molecule has 0 fully saturated rings. The van der Waals surface area contributed by atoms with E-state index < -0.39 is 0 Å². The molecule has 7 heteroatoms. The van der Waals surface area contributed by atoms with Crippen LogP contribution in [0.1, 0.15) is 5.69 Å². The summed E-state index contributed by atoms with van der Waals surface area (Å²) in [5, 5.41) is 10.4. The Morgan fingerprint density at radius 2 is 1.95 bits per heavy atom. The molecule has 21 heavy (non-hydrogen) atoms. The van der Waals surface area contributed by atoms with Crippen molar-refractivity contribution in [3.8, 4) is 11.5 Å². The lowest BCUT2D eigenvalue weighted by atomic mass is 10.2. The van der Waals surface area contributed by atoms with Crippen molar-refractivity contribution >= 4 is 22.5 Å². The van der Waals surface area contributed by atoms with Crippen LogP contribution in [0.25, 0.3) is 11.0 Å². The van der Waals surface area contributed by atoms with Gasteiger partial charge in [0.2, 0.25) is 0 Å². The van der Waals surface area contributed by atoms with Crippen LogP contribution in [0.4, 0.5) is 11.5 Å². The minimum atomic E-state index is 0.562. The topological polar surface area (TPSA) is 85.0 Å². The number of aromatic amines is 1. The highest BCUT2D eigenvalue weighted by Crippen LogP contribution is 2.34. The maximum absolute atomic E-state index is 5.57. The summed E-state index contributed by atoms with van der Waals surface area (Å²) in [7, 11) is 0. The molecule has 0 spiro atoms. The van der Waals surface area contributed by atoms with Crippen LogP contribution in [-0.4, -0.2) is 33.4 Å². The fourth-order valence-corrected chi connectivity index (χ4v) is 2.30. The van der Waals surface area contributed by atoms with Gasteiger partial charge in [0.1, 0.15) is 25.1 Å². The van der Waals surface area contributed by atoms with Crippen LogP contribution >= 0.6 is 0 Å². The fourth-order valence-electron chi connectivity index (χ4n) is 2.30. The first-order valence-electron chi connectivity index (χ1n) is 6.63. The SMILES string of the molecule is Cc1[nH]nc2c(Nc3ccc4c(c3)OCCO4)ncnc12. The average Bonchev–Trinajstić information content (AvgIpc) is 2.90. The molecule has 1 aromatic carbocycles. The van der Waals surface area contributed by atoms with Crippen molar-refractivity contribution in [3.05, 3.63) is 30.2 Å². The number of nitrogens with one attached hydrogen (secondary N) is 2. The van der Waals surface area contributed by atoms with Crippen LogP contribution in [0.3, 0.4) is 0 Å². The molecular weight excluding hydrogens is 270 g/mol. The second-order valence-electron chi connectivity index (χ2n) is 4.75. The molecule has 0 bridgehead atoms. The Labute approximate surface area is 120 Å². The van der Waals surface area contributed by atoms with Gasteiger partial charge in [-0.2, -0.15) is 5.10 Å². The maximum Gasteiger partial charge on any atom is 0.163 e. The van der Waals surface area contributed by atoms with Gasteiger partial charge in [-0.05, 0) is 19.1 Å². The Bertz CT molecular complexity index is 814. The van der Waals surface area contributed by atoms with Gasteiger partial charge >= 0.3 is 0 Å². The third kappa shape index (κ3) is 2.03. The molecule has 7 nitrogen and oxygen atoms in total. The smallest absolute Gasteiger partial charge is 0.163 e. The molecular formula is C14H13N5O2. The predicted octanol–water partition coefficient (Wildman–Crippen LogP) is 2.18. The maximum atomic E-state index is 5.57. The number of nitrogens with zero attached hydrogens (tertiary/aromatic N) is 3. The van der Waals surface area contributed by atoms with Crippen molar-refractivity contribution < 1.29 is 9.47 Å². The minimum Gasteiger partial charge on any atom is -0.486 e. The normalized spacial score (nSPS) is 13.4. The zero-order chi connectivity index (χ0) is 14.2. The summed E-state index contributed by atoms with van der Waals surface area (Å²) in [5.41, 5.74) is 3.30. The van der Waals surface area contributed by atoms with Gasteiger partial charge in [0, 0.05) is 11.8 Å². The van der Waals surface area contributed by atoms with E-state index in [0.29, 0.717) is 24.5 Å². The number of aryl methyl sites for hydroxylation is 1. The van der Waals surface area contributed by atoms with Crippen LogP contribution in [0.15, 0.2) is 24.5 Å². The molecule has 1 aliphatic heterocycles. The van der Waals surface area contributed by atoms with Gasteiger partial charge in [0.25, 0.3) is 0 Å². The summed E-state index contributed by atoms with van der Waals surface area (Å²) in [4.78, 5) is 8.47. The zero-order valence-electron chi connectivity index (χ0n) is 11.4. The fraction of sp³-hybridized carbons (Fsp3) is 0.214. The summed E-state index contributed by atoms with van der Waals surface area (Å²) < 4.78 is 11.1. The summed E-state index contributed by atoms with van der Waals surface area (Å²) in [5.74, 6) is 2.14. The summed E-state index contributed by atoms with van der Waals surface area (Å²) in [6, 6.07) is 5.69. The number of hydrogen-bond donors (Lipinski definition) is 2. The van der Waals surface area contributed by atoms with Crippen molar-refractivity contribution in [1.82, 2.24) is 20.2 Å². The molecule has 0 amide bonds. The Balaban J connectivity index is 1.71. The second kappa shape index (κ2) is 4.62. The standard InChI is InChI=1S/C14H13N5O2/c1-8-12-13(19-18-8)14(16-7-15-12)17-9-2-3-10-11(6-9)21-5-4-20-10/h2-3,6-7H,4-5H2,1H3,(H,18,19)(H,15,16,17). The van der Waals surface area contributed by atoms with Gasteiger partial charge < -0.3 is 14.8 Å². The van der Waals surface area contributed by atoms with E-state index in [2.05, 4.69) is 25.5 Å². The molecule has 106 valence electrons. The lowest BCUT2D eigenvalue weighted by Gasteiger charge is -2.19. The number of rotatable bonds is 2. The van der Waals surface area contributed by atoms with E-state index in [0.717, 1.165) is 28.4 Å². The number of H-pyrrole nitrogens is 1. The minimum absolute atomic E-state index is 0.562. The highest BCUT2D eigenvalue weighted by molar-refractivity contribution is 5.88. The molecule has 0 unspecified atom stereocenters. The Kier molecular flexibility index (Phi) is 2.63. The zero-order valence-corrected chi connectivity index (χ0v) is 11.4. The van der Waals surface area contributed by atoms with Gasteiger partial charge in [0.05, 0.1) is 5.69 Å². The van der Waals surface area contributed by atoms with Crippen molar-refractivity contribution in [1.29, 1.82) is 0 Å². The number of anilines is 2. The number of benzene rings is 1. The monoisotopic (exact) mass is 283 g/mol. The number of hydrogen-bond acceptors (Lipinski definition) is 6. The van der Waals surface area contributed by atoms with Crippen LogP contribution in [0.5, 0.6) is 11.5 Å². The van der Waals surface area contributed by atoms with E-state index in [1.165, 1.54) is 6.33 Å². The predicted molar refractivity (Wildman–Crippen MR) is 77.1 cm³/mol. The molecule has 3 heterocycles. The summed E-state index contributed by atoms with van der Waals surface area (Å²) >= 11 is 0. The summed E-state index contributed by atoms with van der Waals surface area (Å²) in [6.07, 6.45) is 1.52. The Morgan fingerprint density at radius 1 is 1.10 bits per heavy atom. The molecule has 0 aliphatic carbocycles. The van der Waals surface area contributed by atoms with Crippen molar-refractivity contribution in [3.63, 3.8) is 0 Å². The molecule has 2 N–H and O–H groups in total. The largest absolute Gasteiger partial charge is 0.486 e. The molecule has 0 saturated heterocycles. The van der Waals surface area contributed by atoms with Gasteiger partial charge in [-0.25, -0.2) is 9.97 Å². The van der Waals surface area contributed by atoms with Gasteiger partial charge in [0.15, 0.2) is 22.8 Å². The quantitative estimate of drug-likeness (QED) is 0.749. The Morgan fingerprint density at radius 3 is 2.86 bits per heavy atom. The first kappa shape index (κ1) is 12.0. The van der Waals surface area contributed by atoms with E-state index in [1.54, 1.807) is 0 Å². The van der Waals surface area contributed by atoms with E-state index in [9.17, 15) is 0 Å². The molecule has 2 aromatic heterocycles. The van der Waals surface area contributed by atoms with E-state index in [1.807, 2.05) is 25.1 Å².